The molecule has 0 aromatic carbocycles. The van der Waals surface area contributed by atoms with Crippen LogP contribution in [0.2, 0.25) is 0 Å². The lowest BCUT2D eigenvalue weighted by molar-refractivity contribution is -0.149. The number of hydrogen-bond donors (Lipinski definition) is 0. The molecular formula is C14H25NO2. The first-order valence-electron chi connectivity index (χ1n) is 7.17. The highest BCUT2D eigenvalue weighted by Gasteiger charge is 2.44. The Labute approximate surface area is 105 Å². The minimum atomic E-state index is -0.00329. The minimum Gasteiger partial charge on any atom is -0.466 e. The van der Waals surface area contributed by atoms with Crippen molar-refractivity contribution in [1.82, 2.24) is 4.90 Å². The van der Waals surface area contributed by atoms with Crippen LogP contribution in [0.5, 0.6) is 0 Å². The van der Waals surface area contributed by atoms with Gasteiger partial charge in [0.05, 0.1) is 13.0 Å². The third-order valence-corrected chi connectivity index (χ3v) is 4.34. The number of carbonyl (C=O) groups excluding carboxylic acids is 1. The van der Waals surface area contributed by atoms with Crippen LogP contribution in [0.3, 0.4) is 0 Å². The number of nitrogens with zero attached hydrogens (tertiary/aromatic N) is 1. The van der Waals surface area contributed by atoms with Gasteiger partial charge in [0.2, 0.25) is 0 Å². The second-order valence-electron chi connectivity index (χ2n) is 5.46. The molecule has 0 unspecified atom stereocenters. The summed E-state index contributed by atoms with van der Waals surface area (Å²) in [4.78, 5) is 14.3. The van der Waals surface area contributed by atoms with Crippen LogP contribution < -0.4 is 0 Å². The van der Waals surface area contributed by atoms with Crippen LogP contribution >= 0.6 is 0 Å². The van der Waals surface area contributed by atoms with Crippen LogP contribution in [-0.4, -0.2) is 36.1 Å². The maximum absolute atomic E-state index is 11.7. The van der Waals surface area contributed by atoms with Crippen LogP contribution in [0.4, 0.5) is 0 Å². The molecule has 2 rings (SSSR count). The van der Waals surface area contributed by atoms with Crippen molar-refractivity contribution in [3.05, 3.63) is 0 Å². The second kappa shape index (κ2) is 5.85. The van der Waals surface area contributed by atoms with Gasteiger partial charge in [-0.25, -0.2) is 0 Å². The first-order chi connectivity index (χ1) is 8.27. The molecule has 2 fully saturated rings. The van der Waals surface area contributed by atoms with Crippen LogP contribution in [0, 0.1) is 0 Å². The molecule has 3 heteroatoms. The van der Waals surface area contributed by atoms with E-state index in [-0.39, 0.29) is 11.5 Å². The van der Waals surface area contributed by atoms with Gasteiger partial charge < -0.3 is 4.74 Å². The highest BCUT2D eigenvalue weighted by Crippen LogP contribution is 2.41. The molecule has 0 atom stereocenters. The van der Waals surface area contributed by atoms with Crippen molar-refractivity contribution in [3.8, 4) is 0 Å². The van der Waals surface area contributed by atoms with Crippen molar-refractivity contribution in [1.29, 1.82) is 0 Å². The Morgan fingerprint density at radius 3 is 2.24 bits per heavy atom. The van der Waals surface area contributed by atoms with E-state index < -0.39 is 0 Å². The van der Waals surface area contributed by atoms with Gasteiger partial charge in [-0.1, -0.05) is 12.8 Å². The molecule has 1 aliphatic heterocycles. The Bertz CT molecular complexity index is 253. The molecule has 3 nitrogen and oxygen atoms in total. The first-order valence-corrected chi connectivity index (χ1v) is 7.17. The van der Waals surface area contributed by atoms with Gasteiger partial charge in [-0.05, 0) is 52.1 Å². The van der Waals surface area contributed by atoms with E-state index in [1.54, 1.807) is 0 Å². The molecule has 0 amide bonds. The van der Waals surface area contributed by atoms with E-state index in [0.717, 1.165) is 0 Å². The first kappa shape index (κ1) is 12.9. The molecular weight excluding hydrogens is 214 g/mol. The molecule has 0 N–H and O–H groups in total. The van der Waals surface area contributed by atoms with E-state index in [0.29, 0.717) is 13.0 Å². The van der Waals surface area contributed by atoms with Gasteiger partial charge >= 0.3 is 5.97 Å². The van der Waals surface area contributed by atoms with Crippen LogP contribution in [-0.2, 0) is 9.53 Å². The molecule has 1 aliphatic carbocycles. The summed E-state index contributed by atoms with van der Waals surface area (Å²) in [5.74, 6) is -0.00329. The highest BCUT2D eigenvalue weighted by atomic mass is 16.5. The van der Waals surface area contributed by atoms with E-state index >= 15 is 0 Å². The summed E-state index contributed by atoms with van der Waals surface area (Å²) in [7, 11) is 0. The quantitative estimate of drug-likeness (QED) is 0.706. The molecule has 1 heterocycles. The Kier molecular flexibility index (Phi) is 4.43. The maximum atomic E-state index is 11.7. The lowest BCUT2D eigenvalue weighted by Crippen LogP contribution is -2.55. The monoisotopic (exact) mass is 239 g/mol. The summed E-state index contributed by atoms with van der Waals surface area (Å²) in [6.45, 7) is 4.75. The number of esters is 1. The third kappa shape index (κ3) is 3.01. The zero-order valence-electron chi connectivity index (χ0n) is 11.0. The van der Waals surface area contributed by atoms with Crippen LogP contribution in [0.1, 0.15) is 58.3 Å². The molecule has 2 aliphatic rings. The summed E-state index contributed by atoms with van der Waals surface area (Å²) in [6, 6.07) is 0. The van der Waals surface area contributed by atoms with Crippen molar-refractivity contribution >= 4 is 5.97 Å². The molecule has 1 saturated heterocycles. The standard InChI is InChI=1S/C14H25NO2/c1-2-17-13(16)12-14(8-7-9-14)15-10-5-3-4-6-11-15/h2-12H2,1H3. The van der Waals surface area contributed by atoms with E-state index in [4.69, 9.17) is 4.74 Å². The highest BCUT2D eigenvalue weighted by molar-refractivity contribution is 5.71. The topological polar surface area (TPSA) is 29.5 Å². The molecule has 1 saturated carbocycles. The number of carbonyl (C=O) groups is 1. The van der Waals surface area contributed by atoms with Gasteiger partial charge in [0.1, 0.15) is 0 Å². The lowest BCUT2D eigenvalue weighted by atomic mass is 9.72. The Balaban J connectivity index is 1.94. The Hall–Kier alpha value is -0.570. The van der Waals surface area contributed by atoms with Gasteiger partial charge in [-0.3, -0.25) is 9.69 Å². The molecule has 0 aromatic heterocycles. The van der Waals surface area contributed by atoms with Crippen molar-refractivity contribution in [2.24, 2.45) is 0 Å². The van der Waals surface area contributed by atoms with Gasteiger partial charge in [-0.2, -0.15) is 0 Å². The molecule has 98 valence electrons. The second-order valence-corrected chi connectivity index (χ2v) is 5.46. The average molecular weight is 239 g/mol. The van der Waals surface area contributed by atoms with Crippen molar-refractivity contribution in [3.63, 3.8) is 0 Å². The average Bonchev–Trinajstić information content (AvgIpc) is 2.52. The summed E-state index contributed by atoms with van der Waals surface area (Å²) in [5.41, 5.74) is 0.163. The summed E-state index contributed by atoms with van der Waals surface area (Å²) >= 11 is 0. The fourth-order valence-corrected chi connectivity index (χ4v) is 3.22. The van der Waals surface area contributed by atoms with E-state index in [1.165, 1.54) is 58.0 Å². The van der Waals surface area contributed by atoms with Gasteiger partial charge in [0, 0.05) is 5.54 Å². The lowest BCUT2D eigenvalue weighted by Gasteiger charge is -2.49. The number of rotatable bonds is 4. The molecule has 0 aromatic rings. The number of hydrogen-bond acceptors (Lipinski definition) is 3. The van der Waals surface area contributed by atoms with Crippen LogP contribution in [0.25, 0.3) is 0 Å². The van der Waals surface area contributed by atoms with E-state index in [9.17, 15) is 4.79 Å². The van der Waals surface area contributed by atoms with Gasteiger partial charge in [-0.15, -0.1) is 0 Å². The van der Waals surface area contributed by atoms with E-state index in [2.05, 4.69) is 4.90 Å². The third-order valence-electron chi connectivity index (χ3n) is 4.34. The van der Waals surface area contributed by atoms with Gasteiger partial charge in [0.15, 0.2) is 0 Å². The zero-order valence-corrected chi connectivity index (χ0v) is 11.0. The molecule has 0 spiro atoms. The SMILES string of the molecule is CCOC(=O)CC1(N2CCCCCC2)CCC1. The number of ether oxygens (including phenoxy) is 1. The largest absolute Gasteiger partial charge is 0.466 e. The van der Waals surface area contributed by atoms with Gasteiger partial charge in [0.25, 0.3) is 0 Å². The summed E-state index contributed by atoms with van der Waals surface area (Å²) < 4.78 is 5.13. The Morgan fingerprint density at radius 1 is 1.12 bits per heavy atom. The summed E-state index contributed by atoms with van der Waals surface area (Å²) in [5, 5.41) is 0. The predicted molar refractivity (Wildman–Crippen MR) is 67.9 cm³/mol. The zero-order chi connectivity index (χ0) is 12.1. The number of likely N-dealkylation sites (tertiary alicyclic amines) is 1. The predicted octanol–water partition coefficient (Wildman–Crippen LogP) is 2.74. The molecule has 17 heavy (non-hydrogen) atoms. The maximum Gasteiger partial charge on any atom is 0.307 e. The Morgan fingerprint density at radius 2 is 1.76 bits per heavy atom. The van der Waals surface area contributed by atoms with E-state index in [1.807, 2.05) is 6.92 Å². The van der Waals surface area contributed by atoms with Crippen molar-refractivity contribution in [2.45, 2.75) is 63.8 Å². The molecule has 0 radical (unpaired) electrons. The molecule has 0 bridgehead atoms. The minimum absolute atomic E-state index is 0.00329. The van der Waals surface area contributed by atoms with Crippen LogP contribution in [0.15, 0.2) is 0 Å². The smallest absolute Gasteiger partial charge is 0.307 e. The fourth-order valence-electron chi connectivity index (χ4n) is 3.22. The van der Waals surface area contributed by atoms with Crippen molar-refractivity contribution in [2.75, 3.05) is 19.7 Å². The normalized spacial score (nSPS) is 24.8. The fraction of sp³-hybridized carbons (Fsp3) is 0.929. The summed E-state index contributed by atoms with van der Waals surface area (Å²) in [6.07, 6.45) is 9.56. The van der Waals surface area contributed by atoms with Crippen molar-refractivity contribution < 1.29 is 9.53 Å².